The normalized spacial score (nSPS) is 9.93. The summed E-state index contributed by atoms with van der Waals surface area (Å²) < 4.78 is 4.90. The minimum atomic E-state index is 0.192. The van der Waals surface area contributed by atoms with Crippen LogP contribution in [0.3, 0.4) is 0 Å². The number of aromatic hydroxyl groups is 1. The molecule has 1 heterocycles. The molecule has 1 aromatic carbocycles. The van der Waals surface area contributed by atoms with E-state index in [4.69, 9.17) is 4.74 Å². The van der Waals surface area contributed by atoms with Gasteiger partial charge in [-0.25, -0.2) is 0 Å². The highest BCUT2D eigenvalue weighted by Gasteiger charge is 2.05. The van der Waals surface area contributed by atoms with Gasteiger partial charge in [0.2, 0.25) is 5.88 Å². The van der Waals surface area contributed by atoms with Crippen LogP contribution >= 0.6 is 0 Å². The Bertz CT molecular complexity index is 454. The fourth-order valence-corrected chi connectivity index (χ4v) is 1.26. The third-order valence-electron chi connectivity index (χ3n) is 2.03. The van der Waals surface area contributed by atoms with Crippen LogP contribution in [0.2, 0.25) is 0 Å². The summed E-state index contributed by atoms with van der Waals surface area (Å²) >= 11 is 0. The summed E-state index contributed by atoms with van der Waals surface area (Å²) in [7, 11) is 1.53. The lowest BCUT2D eigenvalue weighted by atomic mass is 10.1. The van der Waals surface area contributed by atoms with Crippen molar-refractivity contribution in [3.8, 4) is 22.9 Å². The van der Waals surface area contributed by atoms with Crippen molar-refractivity contribution >= 4 is 0 Å². The van der Waals surface area contributed by atoms with Crippen LogP contribution < -0.4 is 4.74 Å². The van der Waals surface area contributed by atoms with Gasteiger partial charge >= 0.3 is 0 Å². The molecule has 2 rings (SSSR count). The highest BCUT2D eigenvalue weighted by Crippen LogP contribution is 2.26. The number of methoxy groups -OCH3 is 1. The summed E-state index contributed by atoms with van der Waals surface area (Å²) in [5.41, 5.74) is 1.28. The Morgan fingerprint density at radius 2 is 1.87 bits per heavy atom. The Kier molecular flexibility index (Phi) is 2.49. The lowest BCUT2D eigenvalue weighted by Gasteiger charge is -2.03. The zero-order chi connectivity index (χ0) is 10.7. The summed E-state index contributed by atoms with van der Waals surface area (Å²) in [5, 5.41) is 17.4. The molecule has 0 spiro atoms. The fraction of sp³-hybridized carbons (Fsp3) is 0.0909. The molecule has 76 valence electrons. The van der Waals surface area contributed by atoms with E-state index in [9.17, 15) is 5.11 Å². The monoisotopic (exact) mass is 202 g/mol. The molecule has 4 nitrogen and oxygen atoms in total. The second-order valence-corrected chi connectivity index (χ2v) is 2.98. The summed E-state index contributed by atoms with van der Waals surface area (Å²) in [6.45, 7) is 0. The zero-order valence-corrected chi connectivity index (χ0v) is 8.21. The zero-order valence-electron chi connectivity index (χ0n) is 8.21. The van der Waals surface area contributed by atoms with Crippen LogP contribution in [0.15, 0.2) is 36.4 Å². The van der Waals surface area contributed by atoms with E-state index in [0.29, 0.717) is 17.1 Å². The number of aromatic nitrogens is 2. The van der Waals surface area contributed by atoms with Crippen LogP contribution in [-0.2, 0) is 0 Å². The predicted octanol–water partition coefficient (Wildman–Crippen LogP) is 1.86. The maximum atomic E-state index is 9.59. The molecule has 2 aromatic rings. The van der Waals surface area contributed by atoms with E-state index in [1.54, 1.807) is 30.3 Å². The van der Waals surface area contributed by atoms with Crippen molar-refractivity contribution < 1.29 is 9.84 Å². The minimum Gasteiger partial charge on any atom is -0.507 e. The van der Waals surface area contributed by atoms with Crippen LogP contribution in [0.5, 0.6) is 11.6 Å². The molecule has 0 unspecified atom stereocenters. The van der Waals surface area contributed by atoms with Crippen molar-refractivity contribution in [1.29, 1.82) is 0 Å². The topological polar surface area (TPSA) is 55.2 Å². The summed E-state index contributed by atoms with van der Waals surface area (Å²) in [5.74, 6) is 0.645. The quantitative estimate of drug-likeness (QED) is 0.807. The Labute approximate surface area is 87.2 Å². The van der Waals surface area contributed by atoms with Gasteiger partial charge in [0, 0.05) is 11.6 Å². The third-order valence-corrected chi connectivity index (χ3v) is 2.03. The molecule has 0 fully saturated rings. The van der Waals surface area contributed by atoms with E-state index in [-0.39, 0.29) is 5.75 Å². The number of rotatable bonds is 2. The number of hydrogen-bond acceptors (Lipinski definition) is 4. The van der Waals surface area contributed by atoms with Crippen molar-refractivity contribution in [3.05, 3.63) is 36.4 Å². The number of benzene rings is 1. The van der Waals surface area contributed by atoms with E-state index >= 15 is 0 Å². The first-order valence-electron chi connectivity index (χ1n) is 4.47. The lowest BCUT2D eigenvalue weighted by molar-refractivity contribution is 0.392. The summed E-state index contributed by atoms with van der Waals surface area (Å²) in [4.78, 5) is 0. The van der Waals surface area contributed by atoms with E-state index < -0.39 is 0 Å². The minimum absolute atomic E-state index is 0.192. The van der Waals surface area contributed by atoms with E-state index in [2.05, 4.69) is 10.2 Å². The molecule has 0 aliphatic rings. The number of phenols is 1. The molecule has 1 aromatic heterocycles. The molecule has 0 aliphatic carbocycles. The first kappa shape index (κ1) is 9.45. The third kappa shape index (κ3) is 1.88. The average Bonchev–Trinajstić information content (AvgIpc) is 2.30. The summed E-state index contributed by atoms with van der Waals surface area (Å²) in [6, 6.07) is 10.4. The van der Waals surface area contributed by atoms with Gasteiger partial charge in [0.15, 0.2) is 0 Å². The Balaban J connectivity index is 2.42. The highest BCUT2D eigenvalue weighted by molar-refractivity contribution is 5.66. The van der Waals surface area contributed by atoms with Crippen LogP contribution in [0.1, 0.15) is 0 Å². The van der Waals surface area contributed by atoms with Gasteiger partial charge in [0.1, 0.15) is 5.75 Å². The second-order valence-electron chi connectivity index (χ2n) is 2.98. The molecule has 0 saturated carbocycles. The Morgan fingerprint density at radius 1 is 1.07 bits per heavy atom. The van der Waals surface area contributed by atoms with Crippen molar-refractivity contribution in [2.45, 2.75) is 0 Å². The molecular weight excluding hydrogens is 192 g/mol. The van der Waals surface area contributed by atoms with Gasteiger partial charge in [-0.1, -0.05) is 12.1 Å². The van der Waals surface area contributed by atoms with Crippen molar-refractivity contribution in [2.75, 3.05) is 7.11 Å². The van der Waals surface area contributed by atoms with Gasteiger partial charge < -0.3 is 9.84 Å². The lowest BCUT2D eigenvalue weighted by Crippen LogP contribution is -1.92. The molecule has 4 heteroatoms. The Hall–Kier alpha value is -2.10. The number of hydrogen-bond donors (Lipinski definition) is 1. The van der Waals surface area contributed by atoms with Crippen LogP contribution in [0, 0.1) is 0 Å². The van der Waals surface area contributed by atoms with Crippen molar-refractivity contribution in [3.63, 3.8) is 0 Å². The van der Waals surface area contributed by atoms with E-state index in [0.717, 1.165) is 0 Å². The highest BCUT2D eigenvalue weighted by atomic mass is 16.5. The first-order chi connectivity index (χ1) is 7.31. The van der Waals surface area contributed by atoms with Gasteiger partial charge in [-0.05, 0) is 18.2 Å². The predicted molar refractivity (Wildman–Crippen MR) is 55.7 cm³/mol. The smallest absolute Gasteiger partial charge is 0.233 e. The largest absolute Gasteiger partial charge is 0.507 e. The average molecular weight is 202 g/mol. The maximum Gasteiger partial charge on any atom is 0.233 e. The Morgan fingerprint density at radius 3 is 2.47 bits per heavy atom. The molecular formula is C11H10N2O2. The standard InChI is InChI=1S/C11H10N2O2/c1-15-11-7-6-9(12-13-11)8-4-2-3-5-10(8)14/h2-7,14H,1H3. The molecule has 0 atom stereocenters. The number of ether oxygens (including phenoxy) is 1. The molecule has 0 saturated heterocycles. The maximum absolute atomic E-state index is 9.59. The van der Waals surface area contributed by atoms with Gasteiger partial charge in [-0.2, -0.15) is 0 Å². The van der Waals surface area contributed by atoms with Gasteiger partial charge in [0.05, 0.1) is 12.8 Å². The summed E-state index contributed by atoms with van der Waals surface area (Å²) in [6.07, 6.45) is 0. The molecule has 0 bridgehead atoms. The van der Waals surface area contributed by atoms with E-state index in [1.165, 1.54) is 7.11 Å². The molecule has 0 aliphatic heterocycles. The van der Waals surface area contributed by atoms with Gasteiger partial charge in [-0.15, -0.1) is 10.2 Å². The van der Waals surface area contributed by atoms with E-state index in [1.807, 2.05) is 6.07 Å². The number of nitrogens with zero attached hydrogens (tertiary/aromatic N) is 2. The van der Waals surface area contributed by atoms with Crippen LogP contribution in [-0.4, -0.2) is 22.4 Å². The molecule has 0 amide bonds. The molecule has 1 N–H and O–H groups in total. The van der Waals surface area contributed by atoms with Gasteiger partial charge in [-0.3, -0.25) is 0 Å². The van der Waals surface area contributed by atoms with Crippen molar-refractivity contribution in [1.82, 2.24) is 10.2 Å². The molecule has 0 radical (unpaired) electrons. The first-order valence-corrected chi connectivity index (χ1v) is 4.47. The van der Waals surface area contributed by atoms with Crippen LogP contribution in [0.25, 0.3) is 11.3 Å². The van der Waals surface area contributed by atoms with Gasteiger partial charge in [0.25, 0.3) is 0 Å². The molecule has 15 heavy (non-hydrogen) atoms. The second kappa shape index (κ2) is 3.96. The number of para-hydroxylation sites is 1. The van der Waals surface area contributed by atoms with Crippen LogP contribution in [0.4, 0.5) is 0 Å². The SMILES string of the molecule is COc1ccc(-c2ccccc2O)nn1. The fourth-order valence-electron chi connectivity index (χ4n) is 1.26. The van der Waals surface area contributed by atoms with Crippen molar-refractivity contribution in [2.24, 2.45) is 0 Å². The number of phenolic OH excluding ortho intramolecular Hbond substituents is 1.